The molecule has 0 radical (unpaired) electrons. The van der Waals surface area contributed by atoms with Gasteiger partial charge in [-0.15, -0.1) is 0 Å². The van der Waals surface area contributed by atoms with Gasteiger partial charge in [0.25, 0.3) is 0 Å². The molecule has 2 aliphatic carbocycles. The first kappa shape index (κ1) is 25.7. The van der Waals surface area contributed by atoms with Gasteiger partial charge in [0.2, 0.25) is 17.7 Å². The Morgan fingerprint density at radius 3 is 2.16 bits per heavy atom. The van der Waals surface area contributed by atoms with Gasteiger partial charge in [-0.25, -0.2) is 4.90 Å². The molecular weight excluding hydrogens is 616 g/mol. The topological polar surface area (TPSA) is 84.0 Å². The van der Waals surface area contributed by atoms with Crippen LogP contribution >= 0.6 is 31.9 Å². The van der Waals surface area contributed by atoms with E-state index in [9.17, 15) is 19.2 Å². The van der Waals surface area contributed by atoms with E-state index in [0.717, 1.165) is 23.2 Å². The maximum atomic E-state index is 13.4. The predicted octanol–water partition coefficient (Wildman–Crippen LogP) is 4.85. The van der Waals surface area contributed by atoms with E-state index in [1.807, 2.05) is 32.0 Å². The summed E-state index contributed by atoms with van der Waals surface area (Å²) in [5.41, 5.74) is 4.05. The third-order valence-corrected chi connectivity index (χ3v) is 11.9. The molecule has 9 heteroatoms. The zero-order valence-corrected chi connectivity index (χ0v) is 24.5. The third kappa shape index (κ3) is 3.87. The van der Waals surface area contributed by atoms with Gasteiger partial charge in [-0.05, 0) is 80.0 Å². The normalized spacial score (nSPS) is 31.9. The number of carbonyl (C=O) groups is 4. The number of benzene rings is 2. The molecule has 2 saturated heterocycles. The lowest BCUT2D eigenvalue weighted by Crippen LogP contribution is -2.37. The minimum atomic E-state index is -0.576. The number of alkyl halides is 2. The summed E-state index contributed by atoms with van der Waals surface area (Å²) in [5, 5.41) is 0. The summed E-state index contributed by atoms with van der Waals surface area (Å²) in [7, 11) is 0. The van der Waals surface area contributed by atoms with Crippen molar-refractivity contribution in [2.45, 2.75) is 43.3 Å². The molecule has 3 amide bonds. The maximum Gasteiger partial charge on any atom is 0.316 e. The van der Waals surface area contributed by atoms with Crippen LogP contribution in [0.5, 0.6) is 5.75 Å². The van der Waals surface area contributed by atoms with E-state index in [1.165, 1.54) is 4.90 Å². The van der Waals surface area contributed by atoms with E-state index in [2.05, 4.69) is 31.9 Å². The fourth-order valence-corrected chi connectivity index (χ4v) is 8.71. The predicted molar refractivity (Wildman–Crippen MR) is 150 cm³/mol. The second-order valence-corrected chi connectivity index (χ2v) is 13.2. The molecular formula is C29H28Br2N2O5. The number of hydrogen-bond acceptors (Lipinski definition) is 5. The number of nitrogens with zero attached hydrogens (tertiary/aromatic N) is 2. The molecule has 0 unspecified atom stereocenters. The Kier molecular flexibility index (Phi) is 6.30. The Balaban J connectivity index is 1.17. The number of imide groups is 1. The van der Waals surface area contributed by atoms with Crippen molar-refractivity contribution >= 4 is 66.9 Å². The molecule has 2 aromatic rings. The van der Waals surface area contributed by atoms with E-state index in [-0.39, 0.29) is 64.0 Å². The highest BCUT2D eigenvalue weighted by atomic mass is 79.9. The number of carbonyl (C=O) groups excluding carboxylic acids is 4. The lowest BCUT2D eigenvalue weighted by atomic mass is 9.81. The first-order valence-corrected chi connectivity index (χ1v) is 14.8. The van der Waals surface area contributed by atoms with Gasteiger partial charge in [0.1, 0.15) is 5.75 Å². The number of hydrogen-bond donors (Lipinski definition) is 0. The summed E-state index contributed by atoms with van der Waals surface area (Å²) in [6, 6.07) is 10.9. The standard InChI is InChI=1S/C29H28Br2N2O5/c1-13-4-5-14(2)21(8-13)32-12-16(10-22(32)34)29(37)38-17-6-7-20(15(3)9-17)33-27(35)23-18-11-19(24(23)28(33)36)26(31)25(18)30/h4-9,16,18-19,23-26H,10-12H2,1-3H3/t16-,18-,19-,23-,24+,25+,26+/m1/s1. The first-order chi connectivity index (χ1) is 18.1. The van der Waals surface area contributed by atoms with Gasteiger partial charge < -0.3 is 9.64 Å². The van der Waals surface area contributed by atoms with E-state index < -0.39 is 11.9 Å². The molecule has 2 bridgehead atoms. The van der Waals surface area contributed by atoms with Crippen molar-refractivity contribution in [1.82, 2.24) is 0 Å². The first-order valence-electron chi connectivity index (χ1n) is 12.9. The molecule has 7 nitrogen and oxygen atoms in total. The molecule has 2 saturated carbocycles. The largest absolute Gasteiger partial charge is 0.426 e. The summed E-state index contributed by atoms with van der Waals surface area (Å²) in [6.45, 7) is 5.99. The molecule has 6 rings (SSSR count). The molecule has 7 atom stereocenters. The minimum absolute atomic E-state index is 0.0916. The molecule has 0 N–H and O–H groups in total. The summed E-state index contributed by atoms with van der Waals surface area (Å²) < 4.78 is 5.67. The van der Waals surface area contributed by atoms with Gasteiger partial charge in [0, 0.05) is 28.3 Å². The molecule has 2 aliphatic heterocycles. The van der Waals surface area contributed by atoms with Gasteiger partial charge >= 0.3 is 5.97 Å². The van der Waals surface area contributed by atoms with Crippen molar-refractivity contribution < 1.29 is 23.9 Å². The molecule has 4 aliphatic rings. The van der Waals surface area contributed by atoms with Crippen LogP contribution in [0, 0.1) is 50.4 Å². The number of aryl methyl sites for hydroxylation is 3. The zero-order chi connectivity index (χ0) is 27.0. The fraction of sp³-hybridized carbons (Fsp3) is 0.448. The van der Waals surface area contributed by atoms with Crippen molar-refractivity contribution in [2.75, 3.05) is 16.3 Å². The minimum Gasteiger partial charge on any atom is -0.426 e. The van der Waals surface area contributed by atoms with Crippen molar-refractivity contribution in [1.29, 1.82) is 0 Å². The number of amides is 3. The Bertz CT molecular complexity index is 1360. The highest BCUT2D eigenvalue weighted by Gasteiger charge is 2.66. The van der Waals surface area contributed by atoms with Crippen molar-refractivity contribution in [3.05, 3.63) is 53.1 Å². The van der Waals surface area contributed by atoms with Crippen LogP contribution in [0.4, 0.5) is 11.4 Å². The third-order valence-electron chi connectivity index (χ3n) is 8.73. The number of halogens is 2. The average Bonchev–Trinajstić information content (AvgIpc) is 3.59. The summed E-state index contributed by atoms with van der Waals surface area (Å²) >= 11 is 7.44. The van der Waals surface area contributed by atoms with Crippen LogP contribution in [0.3, 0.4) is 0 Å². The van der Waals surface area contributed by atoms with E-state index in [0.29, 0.717) is 17.0 Å². The van der Waals surface area contributed by atoms with Crippen LogP contribution in [-0.2, 0) is 19.2 Å². The van der Waals surface area contributed by atoms with Crippen molar-refractivity contribution in [2.24, 2.45) is 29.6 Å². The number of esters is 1. The summed E-state index contributed by atoms with van der Waals surface area (Å²) in [4.78, 5) is 55.9. The van der Waals surface area contributed by atoms with Crippen LogP contribution in [0.15, 0.2) is 36.4 Å². The van der Waals surface area contributed by atoms with Crippen molar-refractivity contribution in [3.63, 3.8) is 0 Å². The molecule has 0 spiro atoms. The number of fused-ring (bicyclic) bond motifs is 5. The average molecular weight is 644 g/mol. The number of rotatable bonds is 4. The number of anilines is 2. The van der Waals surface area contributed by atoms with E-state index in [1.54, 1.807) is 30.0 Å². The Labute approximate surface area is 238 Å². The van der Waals surface area contributed by atoms with Gasteiger partial charge in [-0.3, -0.25) is 19.2 Å². The monoisotopic (exact) mass is 642 g/mol. The summed E-state index contributed by atoms with van der Waals surface area (Å²) in [5.74, 6) is -1.38. The van der Waals surface area contributed by atoms with Crippen LogP contribution in [0.1, 0.15) is 29.5 Å². The lowest BCUT2D eigenvalue weighted by Gasteiger charge is -2.28. The molecule has 2 aromatic carbocycles. The SMILES string of the molecule is Cc1ccc(C)c(N2C[C@H](C(=O)Oc3ccc(N4C(=O)[C@@H]5[C@H]6C[C@@H]([C@H](Br)[C@H]6Br)[C@@H]5C4=O)c(C)c3)CC2=O)c1. The second kappa shape index (κ2) is 9.30. The van der Waals surface area contributed by atoms with E-state index in [4.69, 9.17) is 4.74 Å². The van der Waals surface area contributed by atoms with Gasteiger partial charge in [0.05, 0.1) is 23.4 Å². The van der Waals surface area contributed by atoms with Crippen LogP contribution < -0.4 is 14.5 Å². The fourth-order valence-electron chi connectivity index (χ4n) is 6.84. The Morgan fingerprint density at radius 1 is 0.868 bits per heavy atom. The van der Waals surface area contributed by atoms with Gasteiger partial charge in [0.15, 0.2) is 0 Å². The zero-order valence-electron chi connectivity index (χ0n) is 21.3. The van der Waals surface area contributed by atoms with Crippen LogP contribution in [0.2, 0.25) is 0 Å². The maximum absolute atomic E-state index is 13.4. The Hall–Kier alpha value is -2.52. The second-order valence-electron chi connectivity index (χ2n) is 11.1. The lowest BCUT2D eigenvalue weighted by molar-refractivity contribution is -0.139. The van der Waals surface area contributed by atoms with Crippen molar-refractivity contribution in [3.8, 4) is 5.75 Å². The molecule has 0 aromatic heterocycles. The Morgan fingerprint density at radius 2 is 1.53 bits per heavy atom. The highest BCUT2D eigenvalue weighted by molar-refractivity contribution is 9.12. The van der Waals surface area contributed by atoms with Crippen LogP contribution in [-0.4, -0.2) is 39.9 Å². The smallest absolute Gasteiger partial charge is 0.316 e. The quantitative estimate of drug-likeness (QED) is 0.206. The molecule has 2 heterocycles. The highest BCUT2D eigenvalue weighted by Crippen LogP contribution is 2.60. The molecule has 38 heavy (non-hydrogen) atoms. The molecule has 4 fully saturated rings. The molecule has 198 valence electrons. The van der Waals surface area contributed by atoms with Crippen LogP contribution in [0.25, 0.3) is 0 Å². The number of ether oxygens (including phenoxy) is 1. The van der Waals surface area contributed by atoms with Gasteiger partial charge in [-0.2, -0.15) is 0 Å². The van der Waals surface area contributed by atoms with Gasteiger partial charge in [-0.1, -0.05) is 44.0 Å². The van der Waals surface area contributed by atoms with E-state index >= 15 is 0 Å². The summed E-state index contributed by atoms with van der Waals surface area (Å²) in [6.07, 6.45) is 0.971.